The molecule has 134 valence electrons. The molecule has 0 saturated carbocycles. The second-order valence-electron chi connectivity index (χ2n) is 8.52. The van der Waals surface area contributed by atoms with Crippen LogP contribution >= 0.6 is 0 Å². The summed E-state index contributed by atoms with van der Waals surface area (Å²) in [7, 11) is -0.331. The second-order valence-corrected chi connectivity index (χ2v) is 8.52. The van der Waals surface area contributed by atoms with Crippen molar-refractivity contribution in [2.24, 2.45) is 0 Å². The maximum absolute atomic E-state index is 6.23. The Morgan fingerprint density at radius 3 is 1.96 bits per heavy atom. The van der Waals surface area contributed by atoms with Gasteiger partial charge in [0.15, 0.2) is 0 Å². The van der Waals surface area contributed by atoms with Crippen LogP contribution in [0.25, 0.3) is 32.3 Å². The molecule has 3 heteroatoms. The molecule has 0 radical (unpaired) electrons. The van der Waals surface area contributed by atoms with E-state index in [0.29, 0.717) is 0 Å². The summed E-state index contributed by atoms with van der Waals surface area (Å²) in [6, 6.07) is 24.0. The van der Waals surface area contributed by atoms with Crippen LogP contribution in [0.1, 0.15) is 27.7 Å². The quantitative estimate of drug-likeness (QED) is 0.334. The number of fused-ring (bicyclic) bond motifs is 5. The first-order valence-electron chi connectivity index (χ1n) is 9.56. The highest BCUT2D eigenvalue weighted by Gasteiger charge is 2.51. The summed E-state index contributed by atoms with van der Waals surface area (Å²) in [6.45, 7) is 8.36. The van der Waals surface area contributed by atoms with Gasteiger partial charge in [0.2, 0.25) is 0 Å². The minimum Gasteiger partial charge on any atom is -0.399 e. The van der Waals surface area contributed by atoms with Gasteiger partial charge in [-0.15, -0.1) is 0 Å². The zero-order valence-corrected chi connectivity index (χ0v) is 16.2. The van der Waals surface area contributed by atoms with Crippen LogP contribution in [0.3, 0.4) is 0 Å². The molecule has 1 aliphatic rings. The van der Waals surface area contributed by atoms with E-state index in [0.717, 1.165) is 5.46 Å². The van der Waals surface area contributed by atoms with Crippen molar-refractivity contribution in [1.82, 2.24) is 0 Å². The van der Waals surface area contributed by atoms with Crippen LogP contribution in [0.4, 0.5) is 0 Å². The van der Waals surface area contributed by atoms with Crippen molar-refractivity contribution >= 4 is 44.9 Å². The third-order valence-corrected chi connectivity index (χ3v) is 6.27. The summed E-state index contributed by atoms with van der Waals surface area (Å²) in [5.74, 6) is 0. The van der Waals surface area contributed by atoms with Gasteiger partial charge in [-0.2, -0.15) is 0 Å². The van der Waals surface area contributed by atoms with Crippen molar-refractivity contribution in [3.63, 3.8) is 0 Å². The van der Waals surface area contributed by atoms with Gasteiger partial charge < -0.3 is 9.31 Å². The minimum absolute atomic E-state index is 0.327. The van der Waals surface area contributed by atoms with E-state index in [9.17, 15) is 0 Å². The first-order valence-corrected chi connectivity index (χ1v) is 9.56. The van der Waals surface area contributed by atoms with Crippen molar-refractivity contribution in [3.05, 3.63) is 66.7 Å². The van der Waals surface area contributed by atoms with Crippen LogP contribution < -0.4 is 5.46 Å². The summed E-state index contributed by atoms with van der Waals surface area (Å²) in [4.78, 5) is 0. The third-order valence-electron chi connectivity index (χ3n) is 6.27. The van der Waals surface area contributed by atoms with E-state index >= 15 is 0 Å². The van der Waals surface area contributed by atoms with Crippen LogP contribution in [-0.2, 0) is 9.31 Å². The van der Waals surface area contributed by atoms with Crippen molar-refractivity contribution in [2.75, 3.05) is 0 Å². The molecule has 2 nitrogen and oxygen atoms in total. The molecule has 0 bridgehead atoms. The zero-order valence-electron chi connectivity index (χ0n) is 16.2. The smallest absolute Gasteiger partial charge is 0.399 e. The van der Waals surface area contributed by atoms with Crippen LogP contribution in [-0.4, -0.2) is 18.3 Å². The molecular formula is C24H23BO2. The number of hydrogen-bond acceptors (Lipinski definition) is 2. The molecule has 5 rings (SSSR count). The summed E-state index contributed by atoms with van der Waals surface area (Å²) in [6.07, 6.45) is 0. The van der Waals surface area contributed by atoms with E-state index in [1.165, 1.54) is 32.3 Å². The summed E-state index contributed by atoms with van der Waals surface area (Å²) >= 11 is 0. The molecular weight excluding hydrogens is 331 g/mol. The Morgan fingerprint density at radius 1 is 0.630 bits per heavy atom. The fourth-order valence-electron chi connectivity index (χ4n) is 3.98. The fraction of sp³-hybridized carbons (Fsp3) is 0.250. The highest BCUT2D eigenvalue weighted by atomic mass is 16.7. The maximum Gasteiger partial charge on any atom is 0.494 e. The predicted octanol–water partition coefficient (Wildman–Crippen LogP) is 5.45. The molecule has 0 N–H and O–H groups in total. The van der Waals surface area contributed by atoms with Gasteiger partial charge in [0.1, 0.15) is 0 Å². The van der Waals surface area contributed by atoms with Gasteiger partial charge in [0.05, 0.1) is 11.2 Å². The fourth-order valence-corrected chi connectivity index (χ4v) is 3.98. The van der Waals surface area contributed by atoms with E-state index in [4.69, 9.17) is 9.31 Å². The van der Waals surface area contributed by atoms with Gasteiger partial charge in [0.25, 0.3) is 0 Å². The van der Waals surface area contributed by atoms with Gasteiger partial charge in [-0.1, -0.05) is 66.7 Å². The molecule has 0 unspecified atom stereocenters. The second kappa shape index (κ2) is 5.57. The lowest BCUT2D eigenvalue weighted by atomic mass is 9.78. The van der Waals surface area contributed by atoms with E-state index in [1.807, 2.05) is 0 Å². The van der Waals surface area contributed by atoms with Gasteiger partial charge in [-0.05, 0) is 65.5 Å². The molecule has 0 aliphatic carbocycles. The van der Waals surface area contributed by atoms with Crippen LogP contribution in [0.5, 0.6) is 0 Å². The average molecular weight is 354 g/mol. The molecule has 0 spiro atoms. The average Bonchev–Trinajstić information content (AvgIpc) is 2.88. The Balaban J connectivity index is 1.69. The Bertz CT molecular complexity index is 1180. The van der Waals surface area contributed by atoms with E-state index < -0.39 is 0 Å². The highest BCUT2D eigenvalue weighted by Crippen LogP contribution is 2.37. The normalized spacial score (nSPS) is 18.6. The van der Waals surface area contributed by atoms with Crippen molar-refractivity contribution in [2.45, 2.75) is 38.9 Å². The number of benzene rings is 4. The predicted molar refractivity (Wildman–Crippen MR) is 115 cm³/mol. The number of hydrogen-bond donors (Lipinski definition) is 0. The first-order chi connectivity index (χ1) is 12.9. The Kier molecular flexibility index (Phi) is 3.47. The Hall–Kier alpha value is -2.36. The van der Waals surface area contributed by atoms with Crippen molar-refractivity contribution in [3.8, 4) is 0 Å². The molecule has 4 aromatic carbocycles. The van der Waals surface area contributed by atoms with E-state index in [1.54, 1.807) is 0 Å². The molecule has 1 saturated heterocycles. The van der Waals surface area contributed by atoms with Crippen LogP contribution in [0, 0.1) is 0 Å². The van der Waals surface area contributed by atoms with Crippen molar-refractivity contribution in [1.29, 1.82) is 0 Å². The lowest BCUT2D eigenvalue weighted by Crippen LogP contribution is -2.41. The number of rotatable bonds is 1. The maximum atomic E-state index is 6.23. The largest absolute Gasteiger partial charge is 0.494 e. The molecule has 0 aromatic heterocycles. The molecule has 0 atom stereocenters. The van der Waals surface area contributed by atoms with Crippen LogP contribution in [0.15, 0.2) is 66.7 Å². The minimum atomic E-state index is -0.331. The summed E-state index contributed by atoms with van der Waals surface area (Å²) < 4.78 is 12.5. The van der Waals surface area contributed by atoms with E-state index in [2.05, 4.69) is 94.4 Å². The molecule has 27 heavy (non-hydrogen) atoms. The van der Waals surface area contributed by atoms with Crippen molar-refractivity contribution < 1.29 is 9.31 Å². The standard InChI is InChI=1S/C24H23BO2/c1-23(2)24(3,4)27-25(26-23)19-13-14-21-18(15-19)12-11-17-10-9-16-7-5-6-8-20(16)22(17)21/h5-15H,1-4H3. The Morgan fingerprint density at radius 2 is 1.22 bits per heavy atom. The lowest BCUT2D eigenvalue weighted by molar-refractivity contribution is 0.00578. The highest BCUT2D eigenvalue weighted by molar-refractivity contribution is 6.62. The molecule has 0 amide bonds. The summed E-state index contributed by atoms with van der Waals surface area (Å²) in [5.41, 5.74) is 0.416. The van der Waals surface area contributed by atoms with Gasteiger partial charge in [-0.25, -0.2) is 0 Å². The molecule has 1 aliphatic heterocycles. The van der Waals surface area contributed by atoms with E-state index in [-0.39, 0.29) is 18.3 Å². The topological polar surface area (TPSA) is 18.5 Å². The monoisotopic (exact) mass is 354 g/mol. The third kappa shape index (κ3) is 2.49. The molecule has 1 fully saturated rings. The lowest BCUT2D eigenvalue weighted by Gasteiger charge is -2.32. The summed E-state index contributed by atoms with van der Waals surface area (Å²) in [5, 5.41) is 7.63. The molecule has 1 heterocycles. The molecule has 4 aromatic rings. The Labute approximate surface area is 160 Å². The van der Waals surface area contributed by atoms with Crippen LogP contribution in [0.2, 0.25) is 0 Å². The SMILES string of the molecule is CC1(C)OB(c2ccc3c(ccc4ccc5ccccc5c43)c2)OC1(C)C. The van der Waals surface area contributed by atoms with Gasteiger partial charge in [-0.3, -0.25) is 0 Å². The van der Waals surface area contributed by atoms with Gasteiger partial charge in [0, 0.05) is 0 Å². The zero-order chi connectivity index (χ0) is 18.8. The van der Waals surface area contributed by atoms with Gasteiger partial charge >= 0.3 is 7.12 Å². The first kappa shape index (κ1) is 16.8.